The van der Waals surface area contributed by atoms with Gasteiger partial charge < -0.3 is 5.11 Å². The second-order valence-electron chi connectivity index (χ2n) is 7.33. The average Bonchev–Trinajstić information content (AvgIpc) is 3.34. The lowest BCUT2D eigenvalue weighted by molar-refractivity contribution is 0.275. The third-order valence-corrected chi connectivity index (χ3v) is 5.18. The molecule has 8 heteroatoms. The first-order chi connectivity index (χ1) is 15.2. The van der Waals surface area contributed by atoms with Gasteiger partial charge in [0.15, 0.2) is 0 Å². The Morgan fingerprint density at radius 3 is 2.52 bits per heavy atom. The first kappa shape index (κ1) is 20.6. The zero-order chi connectivity index (χ0) is 21.6. The number of nitrogens with zero attached hydrogens (tertiary/aromatic N) is 5. The number of aromatic nitrogens is 6. The minimum atomic E-state index is -0.232. The minimum absolute atomic E-state index is 0.142. The van der Waals surface area contributed by atoms with Crippen LogP contribution in [0.3, 0.4) is 0 Å². The maximum Gasteiger partial charge on any atom is 0.254 e. The fraction of sp³-hybridized carbons (Fsp3) is 0.261. The van der Waals surface area contributed by atoms with E-state index in [0.29, 0.717) is 30.3 Å². The Morgan fingerprint density at radius 2 is 1.84 bits per heavy atom. The van der Waals surface area contributed by atoms with Crippen molar-refractivity contribution in [2.45, 2.75) is 39.3 Å². The minimum Gasteiger partial charge on any atom is -0.390 e. The monoisotopic (exact) mass is 416 g/mol. The number of hydrogen-bond donors (Lipinski definition) is 2. The van der Waals surface area contributed by atoms with Crippen LogP contribution in [0.2, 0.25) is 0 Å². The Balaban J connectivity index is 1.63. The summed E-state index contributed by atoms with van der Waals surface area (Å²) in [4.78, 5) is 17.1. The molecule has 0 aliphatic rings. The highest BCUT2D eigenvalue weighted by atomic mass is 16.3. The van der Waals surface area contributed by atoms with Gasteiger partial charge in [0.05, 0.1) is 18.8 Å². The molecule has 0 aliphatic heterocycles. The predicted molar refractivity (Wildman–Crippen MR) is 117 cm³/mol. The number of aliphatic hydroxyl groups excluding tert-OH is 1. The fourth-order valence-corrected chi connectivity index (χ4v) is 3.56. The molecule has 4 aromatic rings. The summed E-state index contributed by atoms with van der Waals surface area (Å²) in [7, 11) is 0. The number of aryl methyl sites for hydroxylation is 1. The summed E-state index contributed by atoms with van der Waals surface area (Å²) in [6.45, 7) is 2.30. The zero-order valence-electron chi connectivity index (χ0n) is 17.3. The molecule has 0 saturated heterocycles. The number of benzene rings is 2. The molecule has 0 aliphatic carbocycles. The van der Waals surface area contributed by atoms with Gasteiger partial charge in [0.1, 0.15) is 5.82 Å². The normalized spacial score (nSPS) is 11.0. The van der Waals surface area contributed by atoms with Gasteiger partial charge in [0, 0.05) is 18.1 Å². The fourth-order valence-electron chi connectivity index (χ4n) is 3.56. The van der Waals surface area contributed by atoms with Crippen LogP contribution in [0.1, 0.15) is 36.8 Å². The van der Waals surface area contributed by atoms with Gasteiger partial charge in [-0.1, -0.05) is 61.9 Å². The lowest BCUT2D eigenvalue weighted by atomic mass is 9.98. The third-order valence-electron chi connectivity index (χ3n) is 5.18. The molecule has 8 nitrogen and oxygen atoms in total. The van der Waals surface area contributed by atoms with Crippen LogP contribution in [0, 0.1) is 0 Å². The molecule has 158 valence electrons. The van der Waals surface area contributed by atoms with Crippen molar-refractivity contribution in [1.82, 2.24) is 30.2 Å². The smallest absolute Gasteiger partial charge is 0.254 e. The van der Waals surface area contributed by atoms with Gasteiger partial charge in [-0.15, -0.1) is 10.2 Å². The Hall–Kier alpha value is -3.65. The van der Waals surface area contributed by atoms with Crippen molar-refractivity contribution >= 4 is 0 Å². The predicted octanol–water partition coefficient (Wildman–Crippen LogP) is 2.97. The first-order valence-electron chi connectivity index (χ1n) is 10.3. The summed E-state index contributed by atoms with van der Waals surface area (Å²) in [6, 6.07) is 17.4. The number of H-pyrrole nitrogens is 1. The topological polar surface area (TPSA) is 110 Å². The van der Waals surface area contributed by atoms with E-state index in [1.807, 2.05) is 48.5 Å². The summed E-state index contributed by atoms with van der Waals surface area (Å²) in [6.07, 6.45) is 2.65. The van der Waals surface area contributed by atoms with Crippen molar-refractivity contribution in [3.05, 3.63) is 82.0 Å². The molecule has 4 rings (SSSR count). The molecule has 0 fully saturated rings. The molecular weight excluding hydrogens is 392 g/mol. The highest BCUT2D eigenvalue weighted by Crippen LogP contribution is 2.29. The lowest BCUT2D eigenvalue weighted by Gasteiger charge is -2.14. The van der Waals surface area contributed by atoms with Crippen LogP contribution in [0.25, 0.3) is 22.5 Å². The van der Waals surface area contributed by atoms with Crippen molar-refractivity contribution in [3.8, 4) is 22.5 Å². The van der Waals surface area contributed by atoms with Crippen LogP contribution < -0.4 is 5.56 Å². The number of aromatic amines is 1. The Morgan fingerprint density at radius 1 is 1.06 bits per heavy atom. The van der Waals surface area contributed by atoms with Crippen molar-refractivity contribution in [1.29, 1.82) is 0 Å². The van der Waals surface area contributed by atoms with Crippen LogP contribution >= 0.6 is 0 Å². The van der Waals surface area contributed by atoms with E-state index in [2.05, 4.69) is 32.5 Å². The first-order valence-corrected chi connectivity index (χ1v) is 10.3. The number of unbranched alkanes of at least 4 members (excludes halogenated alkanes) is 1. The number of rotatable bonds is 8. The standard InChI is InChI=1S/C23H24N6O2/c1-2-3-8-21-24-18(15-30)13-22(31)29(21)14-16-9-11-17(12-10-16)19-6-4-5-7-20(19)23-25-27-28-26-23/h4-7,9-13,30H,2-3,8,14-15H2,1H3,(H,25,26,27,28). The van der Waals surface area contributed by atoms with Crippen molar-refractivity contribution in [2.75, 3.05) is 0 Å². The zero-order valence-corrected chi connectivity index (χ0v) is 17.3. The van der Waals surface area contributed by atoms with Crippen LogP contribution in [0.4, 0.5) is 0 Å². The summed E-state index contributed by atoms with van der Waals surface area (Å²) >= 11 is 0. The molecule has 2 heterocycles. The van der Waals surface area contributed by atoms with E-state index >= 15 is 0 Å². The summed E-state index contributed by atoms with van der Waals surface area (Å²) in [5, 5.41) is 23.7. The van der Waals surface area contributed by atoms with Crippen molar-refractivity contribution < 1.29 is 5.11 Å². The second kappa shape index (κ2) is 9.44. The summed E-state index contributed by atoms with van der Waals surface area (Å²) in [5.74, 6) is 1.26. The summed E-state index contributed by atoms with van der Waals surface area (Å²) in [5.41, 5.74) is 4.20. The molecule has 2 N–H and O–H groups in total. The molecule has 0 atom stereocenters. The van der Waals surface area contributed by atoms with E-state index in [9.17, 15) is 9.90 Å². The molecule has 0 radical (unpaired) electrons. The van der Waals surface area contributed by atoms with Crippen LogP contribution in [-0.2, 0) is 19.6 Å². The highest BCUT2D eigenvalue weighted by Gasteiger charge is 2.12. The molecule has 0 amide bonds. The van der Waals surface area contributed by atoms with Gasteiger partial charge in [0.2, 0.25) is 5.82 Å². The average molecular weight is 416 g/mol. The Labute approximate surface area is 179 Å². The van der Waals surface area contributed by atoms with E-state index in [-0.39, 0.29) is 12.2 Å². The molecule has 0 unspecified atom stereocenters. The Kier molecular flexibility index (Phi) is 6.28. The van der Waals surface area contributed by atoms with Crippen LogP contribution in [0.15, 0.2) is 59.4 Å². The highest BCUT2D eigenvalue weighted by molar-refractivity contribution is 5.80. The maximum atomic E-state index is 12.6. The molecule has 0 saturated carbocycles. The Bertz CT molecular complexity index is 1200. The second-order valence-corrected chi connectivity index (χ2v) is 7.33. The van der Waals surface area contributed by atoms with Crippen LogP contribution in [0.5, 0.6) is 0 Å². The van der Waals surface area contributed by atoms with Gasteiger partial charge in [-0.3, -0.25) is 9.36 Å². The largest absolute Gasteiger partial charge is 0.390 e. The molecule has 2 aromatic carbocycles. The number of aliphatic hydroxyl groups is 1. The third kappa shape index (κ3) is 4.59. The van der Waals surface area contributed by atoms with Gasteiger partial charge >= 0.3 is 0 Å². The van der Waals surface area contributed by atoms with Gasteiger partial charge in [-0.05, 0) is 28.3 Å². The van der Waals surface area contributed by atoms with E-state index in [1.165, 1.54) is 6.07 Å². The quantitative estimate of drug-likeness (QED) is 0.457. The number of nitrogens with one attached hydrogen (secondary N) is 1. The molecule has 31 heavy (non-hydrogen) atoms. The van der Waals surface area contributed by atoms with E-state index in [0.717, 1.165) is 35.1 Å². The number of tetrazole rings is 1. The molecular formula is C23H24N6O2. The SMILES string of the molecule is CCCCc1nc(CO)cc(=O)n1Cc1ccc(-c2ccccc2-c2nn[nH]n2)cc1. The lowest BCUT2D eigenvalue weighted by Crippen LogP contribution is -2.26. The van der Waals surface area contributed by atoms with Gasteiger partial charge in [-0.2, -0.15) is 5.21 Å². The van der Waals surface area contributed by atoms with Crippen molar-refractivity contribution in [2.24, 2.45) is 0 Å². The number of hydrogen-bond acceptors (Lipinski definition) is 6. The van der Waals surface area contributed by atoms with Crippen LogP contribution in [-0.4, -0.2) is 35.3 Å². The van der Waals surface area contributed by atoms with Gasteiger partial charge in [0.25, 0.3) is 5.56 Å². The van der Waals surface area contributed by atoms with E-state index in [1.54, 1.807) is 4.57 Å². The molecule has 0 spiro atoms. The van der Waals surface area contributed by atoms with E-state index in [4.69, 9.17) is 0 Å². The molecule has 0 bridgehead atoms. The molecule has 2 aromatic heterocycles. The van der Waals surface area contributed by atoms with E-state index < -0.39 is 0 Å². The van der Waals surface area contributed by atoms with Crippen molar-refractivity contribution in [3.63, 3.8) is 0 Å². The van der Waals surface area contributed by atoms with Gasteiger partial charge in [-0.25, -0.2) is 4.98 Å². The maximum absolute atomic E-state index is 12.6. The summed E-state index contributed by atoms with van der Waals surface area (Å²) < 4.78 is 1.69.